The highest BCUT2D eigenvalue weighted by Gasteiger charge is 2.27. The highest BCUT2D eigenvalue weighted by Crippen LogP contribution is 2.24. The van der Waals surface area contributed by atoms with Crippen molar-refractivity contribution >= 4 is 39.1 Å². The number of carbonyl (C=O) groups is 2. The van der Waals surface area contributed by atoms with Crippen LogP contribution in [-0.2, 0) is 9.59 Å². The summed E-state index contributed by atoms with van der Waals surface area (Å²) in [6.45, 7) is 3.64. The molecule has 3 rings (SSSR count). The molecule has 1 aliphatic rings. The van der Waals surface area contributed by atoms with Gasteiger partial charge in [0.2, 0.25) is 0 Å². The number of anilines is 2. The third-order valence-electron chi connectivity index (χ3n) is 4.33. The van der Waals surface area contributed by atoms with Crippen molar-refractivity contribution in [1.29, 1.82) is 0 Å². The molecule has 1 saturated heterocycles. The fraction of sp³-hybridized carbons (Fsp3) is 0.263. The van der Waals surface area contributed by atoms with Crippen molar-refractivity contribution in [2.75, 3.05) is 36.4 Å². The molecule has 1 fully saturated rings. The van der Waals surface area contributed by atoms with E-state index in [1.807, 2.05) is 24.0 Å². The molecule has 1 N–H and O–H groups in total. The van der Waals surface area contributed by atoms with Gasteiger partial charge in [-0.2, -0.15) is 0 Å². The average molecular weight is 420 g/mol. The molecule has 0 saturated carbocycles. The van der Waals surface area contributed by atoms with Crippen LogP contribution in [0.3, 0.4) is 0 Å². The normalized spacial score (nSPS) is 14.3. The largest absolute Gasteiger partial charge is 0.366 e. The molecular weight excluding hydrogens is 401 g/mol. The summed E-state index contributed by atoms with van der Waals surface area (Å²) >= 11 is 3.38. The number of nitrogens with one attached hydrogen (secondary N) is 1. The fourth-order valence-electron chi connectivity index (χ4n) is 2.90. The maximum absolute atomic E-state index is 13.9. The quantitative estimate of drug-likeness (QED) is 0.760. The van der Waals surface area contributed by atoms with E-state index in [2.05, 4.69) is 21.2 Å². The van der Waals surface area contributed by atoms with Gasteiger partial charge in [0.25, 0.3) is 0 Å². The van der Waals surface area contributed by atoms with Crippen molar-refractivity contribution in [2.45, 2.75) is 6.92 Å². The van der Waals surface area contributed by atoms with E-state index in [9.17, 15) is 14.0 Å². The van der Waals surface area contributed by atoms with Crippen LogP contribution >= 0.6 is 15.9 Å². The Morgan fingerprint density at radius 1 is 1.08 bits per heavy atom. The SMILES string of the molecule is Cc1ccc(NC(=O)C(=O)N2CCN(c3ccccc3F)CC2)c(Br)c1. The molecule has 1 heterocycles. The molecule has 26 heavy (non-hydrogen) atoms. The molecule has 5 nitrogen and oxygen atoms in total. The van der Waals surface area contributed by atoms with Crippen LogP contribution in [0.2, 0.25) is 0 Å². The van der Waals surface area contributed by atoms with Gasteiger partial charge in [0.15, 0.2) is 0 Å². The molecule has 2 amide bonds. The van der Waals surface area contributed by atoms with Gasteiger partial charge in [-0.3, -0.25) is 9.59 Å². The zero-order valence-corrected chi connectivity index (χ0v) is 15.9. The number of rotatable bonds is 2. The lowest BCUT2D eigenvalue weighted by atomic mass is 10.2. The Hall–Kier alpha value is -2.41. The van der Waals surface area contributed by atoms with Crippen molar-refractivity contribution < 1.29 is 14.0 Å². The number of para-hydroxylation sites is 1. The fourth-order valence-corrected chi connectivity index (χ4v) is 3.49. The predicted octanol–water partition coefficient (Wildman–Crippen LogP) is 3.18. The summed E-state index contributed by atoms with van der Waals surface area (Å²) in [5.41, 5.74) is 2.12. The predicted molar refractivity (Wildman–Crippen MR) is 103 cm³/mol. The van der Waals surface area contributed by atoms with Crippen LogP contribution in [-0.4, -0.2) is 42.9 Å². The minimum atomic E-state index is -0.672. The monoisotopic (exact) mass is 419 g/mol. The summed E-state index contributed by atoms with van der Waals surface area (Å²) in [6, 6.07) is 12.0. The topological polar surface area (TPSA) is 52.7 Å². The molecule has 136 valence electrons. The van der Waals surface area contributed by atoms with Crippen LogP contribution in [0.5, 0.6) is 0 Å². The summed E-state index contributed by atoms with van der Waals surface area (Å²) in [5, 5.41) is 2.64. The molecule has 2 aromatic carbocycles. The molecule has 7 heteroatoms. The van der Waals surface area contributed by atoms with Gasteiger partial charge < -0.3 is 15.1 Å². The highest BCUT2D eigenvalue weighted by molar-refractivity contribution is 9.10. The molecular formula is C19H19BrFN3O2. The first-order valence-electron chi connectivity index (χ1n) is 8.31. The van der Waals surface area contributed by atoms with E-state index in [1.54, 1.807) is 24.3 Å². The second-order valence-electron chi connectivity index (χ2n) is 6.17. The molecule has 0 aromatic heterocycles. The summed E-state index contributed by atoms with van der Waals surface area (Å²) in [7, 11) is 0. The van der Waals surface area contributed by atoms with Gasteiger partial charge in [0, 0.05) is 30.7 Å². The van der Waals surface area contributed by atoms with Crippen LogP contribution < -0.4 is 10.2 Å². The summed E-state index contributed by atoms with van der Waals surface area (Å²) in [6.07, 6.45) is 0. The molecule has 2 aromatic rings. The smallest absolute Gasteiger partial charge is 0.313 e. The van der Waals surface area contributed by atoms with Crippen molar-refractivity contribution in [1.82, 2.24) is 4.90 Å². The lowest BCUT2D eigenvalue weighted by molar-refractivity contribution is -0.143. The van der Waals surface area contributed by atoms with Crippen LogP contribution in [0, 0.1) is 12.7 Å². The van der Waals surface area contributed by atoms with Gasteiger partial charge in [-0.15, -0.1) is 0 Å². The van der Waals surface area contributed by atoms with Gasteiger partial charge in [0.1, 0.15) is 5.82 Å². The third-order valence-corrected chi connectivity index (χ3v) is 4.98. The molecule has 0 unspecified atom stereocenters. The Morgan fingerprint density at radius 2 is 1.77 bits per heavy atom. The van der Waals surface area contributed by atoms with Gasteiger partial charge in [0.05, 0.1) is 11.4 Å². The highest BCUT2D eigenvalue weighted by atomic mass is 79.9. The number of piperazine rings is 1. The van der Waals surface area contributed by atoms with Crippen LogP contribution in [0.15, 0.2) is 46.9 Å². The van der Waals surface area contributed by atoms with E-state index in [4.69, 9.17) is 0 Å². The minimum absolute atomic E-state index is 0.283. The number of carbonyl (C=O) groups excluding carboxylic acids is 2. The van der Waals surface area contributed by atoms with E-state index >= 15 is 0 Å². The van der Waals surface area contributed by atoms with E-state index in [-0.39, 0.29) is 5.82 Å². The molecule has 0 atom stereocenters. The molecule has 0 aliphatic carbocycles. The number of halogens is 2. The first-order valence-corrected chi connectivity index (χ1v) is 9.11. The number of benzene rings is 2. The standard InChI is InChI=1S/C19H19BrFN3O2/c1-13-6-7-16(14(20)12-13)22-18(25)19(26)24-10-8-23(9-11-24)17-5-3-2-4-15(17)21/h2-7,12H,8-11H2,1H3,(H,22,25). The summed E-state index contributed by atoms with van der Waals surface area (Å²) < 4.78 is 14.6. The van der Waals surface area contributed by atoms with Gasteiger partial charge in [-0.1, -0.05) is 18.2 Å². The van der Waals surface area contributed by atoms with Gasteiger partial charge in [-0.05, 0) is 52.7 Å². The van der Waals surface area contributed by atoms with Crippen LogP contribution in [0.4, 0.5) is 15.8 Å². The maximum atomic E-state index is 13.9. The second-order valence-corrected chi connectivity index (χ2v) is 7.02. The average Bonchev–Trinajstić information content (AvgIpc) is 2.64. The molecule has 0 bridgehead atoms. The van der Waals surface area contributed by atoms with Crippen molar-refractivity contribution in [2.24, 2.45) is 0 Å². The lowest BCUT2D eigenvalue weighted by Gasteiger charge is -2.35. The first-order chi connectivity index (χ1) is 12.5. The summed E-state index contributed by atoms with van der Waals surface area (Å²) in [5.74, 6) is -1.53. The van der Waals surface area contributed by atoms with E-state index in [0.717, 1.165) is 10.0 Å². The maximum Gasteiger partial charge on any atom is 0.313 e. The van der Waals surface area contributed by atoms with Crippen molar-refractivity contribution in [3.63, 3.8) is 0 Å². The van der Waals surface area contributed by atoms with Gasteiger partial charge >= 0.3 is 11.8 Å². The van der Waals surface area contributed by atoms with Crippen molar-refractivity contribution in [3.8, 4) is 0 Å². The number of hydrogen-bond donors (Lipinski definition) is 1. The van der Waals surface area contributed by atoms with E-state index in [1.165, 1.54) is 11.0 Å². The number of aryl methyl sites for hydroxylation is 1. The molecule has 1 aliphatic heterocycles. The zero-order chi connectivity index (χ0) is 18.7. The Morgan fingerprint density at radius 3 is 2.42 bits per heavy atom. The van der Waals surface area contributed by atoms with Crippen LogP contribution in [0.25, 0.3) is 0 Å². The number of amides is 2. The van der Waals surface area contributed by atoms with E-state index in [0.29, 0.717) is 37.6 Å². The summed E-state index contributed by atoms with van der Waals surface area (Å²) in [4.78, 5) is 28.0. The van der Waals surface area contributed by atoms with Crippen molar-refractivity contribution in [3.05, 3.63) is 58.3 Å². The first kappa shape index (κ1) is 18.4. The Labute approximate surface area is 159 Å². The Kier molecular flexibility index (Phi) is 5.56. The van der Waals surface area contributed by atoms with E-state index < -0.39 is 11.8 Å². The Bertz CT molecular complexity index is 835. The zero-order valence-electron chi connectivity index (χ0n) is 14.3. The third kappa shape index (κ3) is 4.04. The number of hydrogen-bond acceptors (Lipinski definition) is 3. The lowest BCUT2D eigenvalue weighted by Crippen LogP contribution is -2.51. The number of nitrogens with zero attached hydrogens (tertiary/aromatic N) is 2. The Balaban J connectivity index is 1.59. The molecule has 0 spiro atoms. The van der Waals surface area contributed by atoms with Crippen LogP contribution in [0.1, 0.15) is 5.56 Å². The second kappa shape index (κ2) is 7.86. The minimum Gasteiger partial charge on any atom is -0.366 e. The van der Waals surface area contributed by atoms with Gasteiger partial charge in [-0.25, -0.2) is 4.39 Å². The molecule has 0 radical (unpaired) electrons.